The van der Waals surface area contributed by atoms with Crippen molar-refractivity contribution in [2.75, 3.05) is 38.2 Å². The van der Waals surface area contributed by atoms with Gasteiger partial charge in [0, 0.05) is 25.4 Å². The number of likely N-dealkylation sites (N-methyl/N-ethyl adjacent to an activating group) is 1. The first kappa shape index (κ1) is 11.9. The molecule has 1 fully saturated rings. The first-order valence-electron chi connectivity index (χ1n) is 5.15. The Morgan fingerprint density at radius 3 is 2.43 bits per heavy atom. The minimum absolute atomic E-state index is 0.309. The van der Waals surface area contributed by atoms with E-state index in [2.05, 4.69) is 17.1 Å². The summed E-state index contributed by atoms with van der Waals surface area (Å²) in [6.07, 6.45) is 2.05. The van der Waals surface area contributed by atoms with Crippen LogP contribution in [0.3, 0.4) is 0 Å². The Morgan fingerprint density at radius 2 is 2.07 bits per heavy atom. The van der Waals surface area contributed by atoms with E-state index in [4.69, 9.17) is 0 Å². The maximum Gasteiger partial charge on any atom is 0.147 e. The van der Waals surface area contributed by atoms with Crippen LogP contribution in [0.4, 0.5) is 0 Å². The maximum absolute atomic E-state index is 10.9. The lowest BCUT2D eigenvalue weighted by Crippen LogP contribution is -2.57. The smallest absolute Gasteiger partial charge is 0.147 e. The maximum atomic E-state index is 10.9. The van der Waals surface area contributed by atoms with Crippen LogP contribution in [0.25, 0.3) is 0 Å². The molecule has 84 valence electrons. The van der Waals surface area contributed by atoms with Crippen LogP contribution in [0.15, 0.2) is 0 Å². The Kier molecular flexibility index (Phi) is 4.34. The van der Waals surface area contributed by atoms with Gasteiger partial charge in [-0.25, -0.2) is 8.42 Å². The number of hydrogen-bond donors (Lipinski definition) is 1. The molecule has 0 aromatic rings. The molecule has 0 unspecified atom stereocenters. The summed E-state index contributed by atoms with van der Waals surface area (Å²) in [6, 6.07) is 0.625. The van der Waals surface area contributed by atoms with E-state index in [1.807, 2.05) is 0 Å². The summed E-state index contributed by atoms with van der Waals surface area (Å²) in [4.78, 5) is 2.35. The van der Waals surface area contributed by atoms with Crippen LogP contribution in [-0.2, 0) is 9.84 Å². The minimum atomic E-state index is -2.78. The Labute approximate surface area is 86.6 Å². The molecule has 0 saturated carbocycles. The third-order valence-electron chi connectivity index (χ3n) is 2.64. The zero-order chi connectivity index (χ0) is 10.6. The van der Waals surface area contributed by atoms with Gasteiger partial charge in [-0.3, -0.25) is 4.90 Å². The molecule has 0 aromatic carbocycles. The van der Waals surface area contributed by atoms with Gasteiger partial charge < -0.3 is 5.32 Å². The second-order valence-corrected chi connectivity index (χ2v) is 6.18. The van der Waals surface area contributed by atoms with Gasteiger partial charge in [0.05, 0.1) is 5.75 Å². The van der Waals surface area contributed by atoms with Crippen LogP contribution < -0.4 is 5.32 Å². The highest BCUT2D eigenvalue weighted by Crippen LogP contribution is 2.05. The molecule has 4 nitrogen and oxygen atoms in total. The van der Waals surface area contributed by atoms with E-state index in [0.717, 1.165) is 32.6 Å². The predicted octanol–water partition coefficient (Wildman–Crippen LogP) is -0.285. The molecule has 0 aromatic heterocycles. The van der Waals surface area contributed by atoms with Crippen molar-refractivity contribution >= 4 is 9.84 Å². The standard InChI is InChI=1S/C9H20N2O2S/c1-3-11(9-7-10-8-9)5-4-6-14(2,12)13/h9-10H,3-8H2,1-2H3. The van der Waals surface area contributed by atoms with Gasteiger partial charge >= 0.3 is 0 Å². The second kappa shape index (κ2) is 5.09. The quantitative estimate of drug-likeness (QED) is 0.668. The van der Waals surface area contributed by atoms with Crippen LogP contribution in [0.2, 0.25) is 0 Å². The van der Waals surface area contributed by atoms with Crippen LogP contribution in [-0.4, -0.2) is 57.5 Å². The molecule has 0 atom stereocenters. The summed E-state index contributed by atoms with van der Waals surface area (Å²) < 4.78 is 21.8. The molecule has 0 spiro atoms. The number of sulfone groups is 1. The molecule has 1 rings (SSSR count). The van der Waals surface area contributed by atoms with Crippen molar-refractivity contribution in [2.24, 2.45) is 0 Å². The first-order valence-corrected chi connectivity index (χ1v) is 7.21. The molecule has 14 heavy (non-hydrogen) atoms. The van der Waals surface area contributed by atoms with Crippen LogP contribution in [0.1, 0.15) is 13.3 Å². The number of hydrogen-bond acceptors (Lipinski definition) is 4. The van der Waals surface area contributed by atoms with Gasteiger partial charge in [-0.15, -0.1) is 0 Å². The second-order valence-electron chi connectivity index (χ2n) is 3.92. The molecule has 1 N–H and O–H groups in total. The highest BCUT2D eigenvalue weighted by atomic mass is 32.2. The summed E-state index contributed by atoms with van der Waals surface area (Å²) in [5.74, 6) is 0.309. The van der Waals surface area contributed by atoms with Gasteiger partial charge in [-0.1, -0.05) is 6.92 Å². The normalized spacial score (nSPS) is 18.5. The fraction of sp³-hybridized carbons (Fsp3) is 1.00. The summed E-state index contributed by atoms with van der Waals surface area (Å²) in [6.45, 7) is 6.13. The lowest BCUT2D eigenvalue weighted by Gasteiger charge is -2.37. The summed E-state index contributed by atoms with van der Waals surface area (Å²) in [7, 11) is -2.78. The van der Waals surface area contributed by atoms with E-state index in [-0.39, 0.29) is 0 Å². The van der Waals surface area contributed by atoms with E-state index in [1.54, 1.807) is 0 Å². The molecule has 1 aliphatic heterocycles. The SMILES string of the molecule is CCN(CCCS(C)(=O)=O)C1CNC1. The lowest BCUT2D eigenvalue weighted by molar-refractivity contribution is 0.153. The average Bonchev–Trinajstić information content (AvgIpc) is 1.96. The van der Waals surface area contributed by atoms with Crippen LogP contribution >= 0.6 is 0 Å². The number of nitrogens with one attached hydrogen (secondary N) is 1. The molecule has 5 heteroatoms. The molecule has 0 amide bonds. The molecular formula is C9H20N2O2S. The highest BCUT2D eigenvalue weighted by Gasteiger charge is 2.22. The van der Waals surface area contributed by atoms with E-state index in [9.17, 15) is 8.42 Å². The lowest BCUT2D eigenvalue weighted by atomic mass is 10.1. The van der Waals surface area contributed by atoms with Crippen molar-refractivity contribution < 1.29 is 8.42 Å². The molecule has 0 bridgehead atoms. The van der Waals surface area contributed by atoms with E-state index in [0.29, 0.717) is 11.8 Å². The average molecular weight is 220 g/mol. The number of nitrogens with zero attached hydrogens (tertiary/aromatic N) is 1. The minimum Gasteiger partial charge on any atom is -0.314 e. The Morgan fingerprint density at radius 1 is 1.43 bits per heavy atom. The van der Waals surface area contributed by atoms with Gasteiger partial charge in [-0.2, -0.15) is 0 Å². The van der Waals surface area contributed by atoms with E-state index in [1.165, 1.54) is 6.26 Å². The molecular weight excluding hydrogens is 200 g/mol. The van der Waals surface area contributed by atoms with Crippen molar-refractivity contribution in [3.63, 3.8) is 0 Å². The molecule has 0 radical (unpaired) electrons. The first-order chi connectivity index (χ1) is 6.53. The van der Waals surface area contributed by atoms with Crippen LogP contribution in [0, 0.1) is 0 Å². The highest BCUT2D eigenvalue weighted by molar-refractivity contribution is 7.90. The molecule has 1 heterocycles. The molecule has 0 aliphatic carbocycles. The van der Waals surface area contributed by atoms with E-state index >= 15 is 0 Å². The third kappa shape index (κ3) is 3.94. The van der Waals surface area contributed by atoms with Crippen molar-refractivity contribution in [3.05, 3.63) is 0 Å². The molecule has 1 saturated heterocycles. The fourth-order valence-electron chi connectivity index (χ4n) is 1.66. The van der Waals surface area contributed by atoms with Crippen molar-refractivity contribution in [1.82, 2.24) is 10.2 Å². The van der Waals surface area contributed by atoms with Gasteiger partial charge in [-0.05, 0) is 19.5 Å². The van der Waals surface area contributed by atoms with Gasteiger partial charge in [0.1, 0.15) is 9.84 Å². The van der Waals surface area contributed by atoms with Crippen molar-refractivity contribution in [3.8, 4) is 0 Å². The molecule has 1 aliphatic rings. The predicted molar refractivity (Wildman–Crippen MR) is 58.2 cm³/mol. The fourth-order valence-corrected chi connectivity index (χ4v) is 2.31. The zero-order valence-corrected chi connectivity index (χ0v) is 9.81. The summed E-state index contributed by atoms with van der Waals surface area (Å²) in [5.41, 5.74) is 0. The monoisotopic (exact) mass is 220 g/mol. The van der Waals surface area contributed by atoms with Gasteiger partial charge in [0.2, 0.25) is 0 Å². The van der Waals surface area contributed by atoms with E-state index < -0.39 is 9.84 Å². The topological polar surface area (TPSA) is 49.4 Å². The van der Waals surface area contributed by atoms with Gasteiger partial charge in [0.15, 0.2) is 0 Å². The largest absolute Gasteiger partial charge is 0.314 e. The Balaban J connectivity index is 2.20. The zero-order valence-electron chi connectivity index (χ0n) is 8.99. The van der Waals surface area contributed by atoms with Gasteiger partial charge in [0.25, 0.3) is 0 Å². The number of rotatable bonds is 6. The summed E-state index contributed by atoms with van der Waals surface area (Å²) >= 11 is 0. The van der Waals surface area contributed by atoms with Crippen LogP contribution in [0.5, 0.6) is 0 Å². The van der Waals surface area contributed by atoms with Crippen molar-refractivity contribution in [2.45, 2.75) is 19.4 Å². The Bertz CT molecular complexity index is 260. The van der Waals surface area contributed by atoms with Crippen molar-refractivity contribution in [1.29, 1.82) is 0 Å². The Hall–Kier alpha value is -0.130. The third-order valence-corrected chi connectivity index (χ3v) is 3.67. The summed E-state index contributed by atoms with van der Waals surface area (Å²) in [5, 5.41) is 3.22.